The second-order valence-corrected chi connectivity index (χ2v) is 8.69. The number of allylic oxidation sites excluding steroid dienone is 1. The maximum atomic E-state index is 13.2. The number of carbonyl (C=O) groups excluding carboxylic acids is 2. The molecule has 0 unspecified atom stereocenters. The van der Waals surface area contributed by atoms with Gasteiger partial charge in [-0.05, 0) is 62.4 Å². The lowest BCUT2D eigenvalue weighted by Gasteiger charge is -2.14. The van der Waals surface area contributed by atoms with Gasteiger partial charge in [-0.25, -0.2) is 4.79 Å². The summed E-state index contributed by atoms with van der Waals surface area (Å²) in [5.41, 5.74) is 2.96. The summed E-state index contributed by atoms with van der Waals surface area (Å²) in [6.07, 6.45) is 3.72. The van der Waals surface area contributed by atoms with Gasteiger partial charge in [-0.3, -0.25) is 4.79 Å². The van der Waals surface area contributed by atoms with Gasteiger partial charge in [0.25, 0.3) is 0 Å². The molecule has 0 N–H and O–H groups in total. The van der Waals surface area contributed by atoms with Gasteiger partial charge in [-0.2, -0.15) is 0 Å². The molecular formula is C30H27NO7. The van der Waals surface area contributed by atoms with Crippen LogP contribution in [0, 0.1) is 6.92 Å². The first kappa shape index (κ1) is 25.0. The van der Waals surface area contributed by atoms with Crippen molar-refractivity contribution in [3.8, 4) is 28.7 Å². The Hall–Kier alpha value is -4.72. The molecule has 194 valence electrons. The SMILES string of the molecule is CCn1cc(/C=C2\Oc3c(ccc(OC(=O)c4c(OC)cccc4OC)c3C)C2=O)c2cc(OC)ccc21. The number of rotatable bonds is 7. The fourth-order valence-electron chi connectivity index (χ4n) is 4.63. The van der Waals surface area contributed by atoms with Crippen molar-refractivity contribution in [2.75, 3.05) is 21.3 Å². The van der Waals surface area contributed by atoms with Gasteiger partial charge < -0.3 is 28.3 Å². The maximum absolute atomic E-state index is 13.2. The van der Waals surface area contributed by atoms with Gasteiger partial charge in [0.2, 0.25) is 5.78 Å². The number of nitrogens with zero attached hydrogens (tertiary/aromatic N) is 1. The summed E-state index contributed by atoms with van der Waals surface area (Å²) in [6.45, 7) is 4.57. The summed E-state index contributed by atoms with van der Waals surface area (Å²) in [7, 11) is 4.55. The zero-order chi connectivity index (χ0) is 27.0. The first-order valence-electron chi connectivity index (χ1n) is 12.1. The molecule has 1 aliphatic heterocycles. The van der Waals surface area contributed by atoms with Crippen molar-refractivity contribution in [1.29, 1.82) is 0 Å². The van der Waals surface area contributed by atoms with Gasteiger partial charge in [0.1, 0.15) is 34.3 Å². The molecule has 1 aromatic heterocycles. The Morgan fingerprint density at radius 2 is 1.71 bits per heavy atom. The molecular weight excluding hydrogens is 486 g/mol. The molecule has 8 heteroatoms. The van der Waals surface area contributed by atoms with E-state index in [9.17, 15) is 9.59 Å². The Balaban J connectivity index is 1.49. The van der Waals surface area contributed by atoms with E-state index in [2.05, 4.69) is 11.5 Å². The summed E-state index contributed by atoms with van der Waals surface area (Å²) < 4.78 is 29.9. The highest BCUT2D eigenvalue weighted by atomic mass is 16.5. The highest BCUT2D eigenvalue weighted by molar-refractivity contribution is 6.15. The highest BCUT2D eigenvalue weighted by Crippen LogP contribution is 2.41. The number of ketones is 1. The minimum Gasteiger partial charge on any atom is -0.497 e. The van der Waals surface area contributed by atoms with Gasteiger partial charge >= 0.3 is 5.97 Å². The molecule has 0 spiro atoms. The molecule has 4 aromatic rings. The third-order valence-electron chi connectivity index (χ3n) is 6.62. The Bertz CT molecular complexity index is 1590. The third-order valence-corrected chi connectivity index (χ3v) is 6.62. The first-order valence-corrected chi connectivity index (χ1v) is 12.1. The molecule has 0 saturated heterocycles. The van der Waals surface area contributed by atoms with Crippen LogP contribution in [0.3, 0.4) is 0 Å². The van der Waals surface area contributed by atoms with Crippen molar-refractivity contribution in [2.24, 2.45) is 0 Å². The van der Waals surface area contributed by atoms with Crippen molar-refractivity contribution in [2.45, 2.75) is 20.4 Å². The number of aromatic nitrogens is 1. The Morgan fingerprint density at radius 3 is 2.37 bits per heavy atom. The molecule has 38 heavy (non-hydrogen) atoms. The molecule has 0 aliphatic carbocycles. The van der Waals surface area contributed by atoms with Crippen LogP contribution in [0.25, 0.3) is 17.0 Å². The molecule has 0 fully saturated rings. The lowest BCUT2D eigenvalue weighted by Crippen LogP contribution is -2.12. The largest absolute Gasteiger partial charge is 0.497 e. The van der Waals surface area contributed by atoms with Crippen LogP contribution in [0.2, 0.25) is 0 Å². The smallest absolute Gasteiger partial charge is 0.351 e. The van der Waals surface area contributed by atoms with Crippen LogP contribution in [0.5, 0.6) is 28.7 Å². The first-order chi connectivity index (χ1) is 18.4. The van der Waals surface area contributed by atoms with Crippen molar-refractivity contribution in [3.63, 3.8) is 0 Å². The number of Topliss-reactive ketones (excluding diaryl/α,β-unsaturated/α-hetero) is 1. The predicted octanol–water partition coefficient (Wildman–Crippen LogP) is 5.83. The van der Waals surface area contributed by atoms with E-state index < -0.39 is 5.97 Å². The summed E-state index contributed by atoms with van der Waals surface area (Å²) in [5, 5.41) is 0.947. The van der Waals surface area contributed by atoms with Crippen molar-refractivity contribution < 1.29 is 33.3 Å². The summed E-state index contributed by atoms with van der Waals surface area (Å²) >= 11 is 0. The van der Waals surface area contributed by atoms with Crippen LogP contribution in [-0.2, 0) is 6.54 Å². The van der Waals surface area contributed by atoms with E-state index in [0.29, 0.717) is 28.4 Å². The van der Waals surface area contributed by atoms with Gasteiger partial charge in [-0.1, -0.05) is 6.07 Å². The molecule has 0 amide bonds. The van der Waals surface area contributed by atoms with E-state index in [4.69, 9.17) is 23.7 Å². The standard InChI is InChI=1S/C30H27NO7/c1-6-31-16-18(21-15-19(34-3)10-12-22(21)31)14-26-28(32)20-11-13-23(17(2)29(20)37-26)38-30(33)27-24(35-4)8-7-9-25(27)36-5/h7-16H,6H2,1-5H3/b26-14-. The zero-order valence-electron chi connectivity index (χ0n) is 21.8. The van der Waals surface area contributed by atoms with Crippen molar-refractivity contribution in [3.05, 3.63) is 82.7 Å². The number of methoxy groups -OCH3 is 3. The molecule has 0 atom stereocenters. The molecule has 0 bridgehead atoms. The third kappa shape index (κ3) is 4.14. The Labute approximate surface area is 219 Å². The number of hydrogen-bond acceptors (Lipinski definition) is 7. The average Bonchev–Trinajstić information content (AvgIpc) is 3.46. The van der Waals surface area contributed by atoms with Crippen molar-refractivity contribution >= 4 is 28.7 Å². The van der Waals surface area contributed by atoms with Gasteiger partial charge in [0.15, 0.2) is 5.76 Å². The lowest BCUT2D eigenvalue weighted by atomic mass is 10.1. The number of hydrogen-bond donors (Lipinski definition) is 0. The van der Waals surface area contributed by atoms with Gasteiger partial charge in [0, 0.05) is 34.8 Å². The van der Waals surface area contributed by atoms with Gasteiger partial charge in [-0.15, -0.1) is 0 Å². The minimum absolute atomic E-state index is 0.165. The van der Waals surface area contributed by atoms with E-state index >= 15 is 0 Å². The second kappa shape index (κ2) is 9.97. The van der Waals surface area contributed by atoms with Crippen molar-refractivity contribution in [1.82, 2.24) is 4.57 Å². The predicted molar refractivity (Wildman–Crippen MR) is 143 cm³/mol. The molecule has 1 aliphatic rings. The fourth-order valence-corrected chi connectivity index (χ4v) is 4.63. The molecule has 2 heterocycles. The topological polar surface area (TPSA) is 85.2 Å². The lowest BCUT2D eigenvalue weighted by molar-refractivity contribution is 0.0726. The number of fused-ring (bicyclic) bond motifs is 2. The van der Waals surface area contributed by atoms with E-state index in [0.717, 1.165) is 28.8 Å². The number of benzene rings is 3. The van der Waals surface area contributed by atoms with Crippen LogP contribution >= 0.6 is 0 Å². The quantitative estimate of drug-likeness (QED) is 0.175. The van der Waals surface area contributed by atoms with Crippen LogP contribution in [0.1, 0.15) is 38.8 Å². The summed E-state index contributed by atoms with van der Waals surface area (Å²) in [4.78, 5) is 26.3. The number of ether oxygens (including phenoxy) is 5. The highest BCUT2D eigenvalue weighted by Gasteiger charge is 2.31. The molecule has 3 aromatic carbocycles. The number of aryl methyl sites for hydroxylation is 1. The monoisotopic (exact) mass is 513 g/mol. The Kier molecular flexibility index (Phi) is 6.55. The molecule has 0 radical (unpaired) electrons. The van der Waals surface area contributed by atoms with E-state index in [-0.39, 0.29) is 22.9 Å². The molecule has 5 rings (SSSR count). The summed E-state index contributed by atoms with van der Waals surface area (Å²) in [6, 6.07) is 14.1. The van der Waals surface area contributed by atoms with Crippen LogP contribution < -0.4 is 23.7 Å². The molecule has 8 nitrogen and oxygen atoms in total. The van der Waals surface area contributed by atoms with Crippen LogP contribution in [0.4, 0.5) is 0 Å². The zero-order valence-corrected chi connectivity index (χ0v) is 21.8. The molecule has 0 saturated carbocycles. The normalized spacial score (nSPS) is 13.4. The number of esters is 1. The van der Waals surface area contributed by atoms with Crippen LogP contribution in [-0.4, -0.2) is 37.6 Å². The number of carbonyl (C=O) groups is 2. The van der Waals surface area contributed by atoms with Gasteiger partial charge in [0.05, 0.1) is 26.9 Å². The maximum Gasteiger partial charge on any atom is 0.351 e. The van der Waals surface area contributed by atoms with E-state index in [1.807, 2.05) is 24.4 Å². The minimum atomic E-state index is -0.649. The van der Waals surface area contributed by atoms with E-state index in [1.165, 1.54) is 14.2 Å². The average molecular weight is 514 g/mol. The summed E-state index contributed by atoms with van der Waals surface area (Å²) in [5.74, 6) is 1.30. The van der Waals surface area contributed by atoms with E-state index in [1.54, 1.807) is 50.4 Å². The van der Waals surface area contributed by atoms with Crippen LogP contribution in [0.15, 0.2) is 60.5 Å². The second-order valence-electron chi connectivity index (χ2n) is 8.69. The Morgan fingerprint density at radius 1 is 0.974 bits per heavy atom. The fraction of sp³-hybridized carbons (Fsp3) is 0.200.